The first-order chi connectivity index (χ1) is 33.3. The molecule has 0 saturated heterocycles. The van der Waals surface area contributed by atoms with Crippen LogP contribution in [0.5, 0.6) is 0 Å². The molecule has 0 aliphatic carbocycles. The number of hydrogen-bond donors (Lipinski definition) is 3. The molecule has 4 N–H and O–H groups in total. The molecule has 2 atom stereocenters. The molecular formula is C52H74N12O9. The van der Waals surface area contributed by atoms with Gasteiger partial charge in [-0.1, -0.05) is 83.1 Å². The average Bonchev–Trinajstić information content (AvgIpc) is 4.12. The average molecular weight is 1010 g/mol. The molecule has 0 aromatic carbocycles. The maximum absolute atomic E-state index is 11.9. The van der Waals surface area contributed by atoms with E-state index in [2.05, 4.69) is 108 Å². The van der Waals surface area contributed by atoms with Gasteiger partial charge < -0.3 is 20.7 Å². The molecule has 4 aromatic heterocycles. The van der Waals surface area contributed by atoms with Crippen molar-refractivity contribution in [1.29, 1.82) is 0 Å². The third-order valence-corrected chi connectivity index (χ3v) is 11.7. The fraction of sp³-hybridized carbons (Fsp3) is 0.500. The molecule has 8 rings (SSSR count). The second kappa shape index (κ2) is 21.4. The molecule has 0 bridgehead atoms. The van der Waals surface area contributed by atoms with E-state index in [9.17, 15) is 39.0 Å². The van der Waals surface area contributed by atoms with Crippen molar-refractivity contribution in [3.05, 3.63) is 93.6 Å². The summed E-state index contributed by atoms with van der Waals surface area (Å²) in [6.07, 6.45) is 3.67. The summed E-state index contributed by atoms with van der Waals surface area (Å²) in [5, 5.41) is 36.8. The topological polar surface area (TPSA) is 259 Å². The number of ether oxygens (including phenoxy) is 1. The second-order valence-electron chi connectivity index (χ2n) is 22.4. The van der Waals surface area contributed by atoms with Gasteiger partial charge in [0.05, 0.1) is 0 Å². The van der Waals surface area contributed by atoms with E-state index in [1.54, 1.807) is 40.9 Å². The number of aliphatic hydroxyl groups excluding tert-OH is 2. The number of cyclic esters (lactones) is 2. The highest BCUT2D eigenvalue weighted by Gasteiger charge is 2.36. The van der Waals surface area contributed by atoms with Crippen LogP contribution < -0.4 is 20.4 Å². The molecule has 4 aliphatic heterocycles. The molecular weight excluding hydrogens is 937 g/mol. The zero-order valence-electron chi connectivity index (χ0n) is 46.0. The van der Waals surface area contributed by atoms with Crippen molar-refractivity contribution in [2.45, 2.75) is 145 Å². The Bertz CT molecular complexity index is 2870. The van der Waals surface area contributed by atoms with Gasteiger partial charge in [0.2, 0.25) is 0 Å². The van der Waals surface area contributed by atoms with Crippen molar-refractivity contribution in [3.63, 3.8) is 0 Å². The number of imide groups is 1. The molecule has 0 saturated carbocycles. The number of hydrogen-bond acceptors (Lipinski definition) is 14. The number of anilines is 4. The van der Waals surface area contributed by atoms with Crippen molar-refractivity contribution >= 4 is 58.8 Å². The Labute approximate surface area is 427 Å². The number of rotatable bonds is 3. The van der Waals surface area contributed by atoms with Crippen LogP contribution in [0.15, 0.2) is 70.9 Å². The molecule has 4 aromatic rings. The number of aliphatic hydroxyl groups is 2. The molecule has 8 heterocycles. The van der Waals surface area contributed by atoms with E-state index in [0.717, 1.165) is 27.7 Å². The van der Waals surface area contributed by atoms with E-state index in [-0.39, 0.29) is 45.3 Å². The van der Waals surface area contributed by atoms with Gasteiger partial charge in [0.25, 0.3) is 23.6 Å². The lowest BCUT2D eigenvalue weighted by Gasteiger charge is -2.19. The van der Waals surface area contributed by atoms with E-state index in [1.807, 2.05) is 51.1 Å². The maximum atomic E-state index is 11.9. The maximum Gasteiger partial charge on any atom is 0.341 e. The quantitative estimate of drug-likeness (QED) is 0.130. The molecule has 0 fully saturated rings. The number of aromatic nitrogens is 8. The summed E-state index contributed by atoms with van der Waals surface area (Å²) < 4.78 is 11.1. The molecule has 2 unspecified atom stereocenters. The molecule has 0 radical (unpaired) electrons. The largest absolute Gasteiger partial charge is 0.386 e. The number of esters is 2. The summed E-state index contributed by atoms with van der Waals surface area (Å²) in [4.78, 5) is 71.5. The Hall–Kier alpha value is -7.26. The molecule has 21 nitrogen and oxygen atoms in total. The molecule has 21 heteroatoms. The number of nitrogens with two attached hydrogens (primary N) is 1. The number of nitrogens with zero attached hydrogens (tertiary/aromatic N) is 11. The predicted molar refractivity (Wildman–Crippen MR) is 278 cm³/mol. The van der Waals surface area contributed by atoms with Crippen molar-refractivity contribution < 1.29 is 43.7 Å². The van der Waals surface area contributed by atoms with Crippen LogP contribution in [-0.4, -0.2) is 97.4 Å². The summed E-state index contributed by atoms with van der Waals surface area (Å²) in [6.45, 7) is 31.7. The number of aryl methyl sites for hydroxylation is 4. The zero-order chi connectivity index (χ0) is 55.8. The highest BCUT2D eigenvalue weighted by atomic mass is 16.6. The Morgan fingerprint density at radius 2 is 0.918 bits per heavy atom. The van der Waals surface area contributed by atoms with Crippen molar-refractivity contribution in [1.82, 2.24) is 39.1 Å². The van der Waals surface area contributed by atoms with Gasteiger partial charge in [-0.05, 0) is 39.3 Å². The van der Waals surface area contributed by atoms with Crippen LogP contribution in [0.2, 0.25) is 0 Å². The van der Waals surface area contributed by atoms with Crippen LogP contribution in [0, 0.1) is 0 Å². The van der Waals surface area contributed by atoms with Gasteiger partial charge in [-0.2, -0.15) is 20.4 Å². The van der Waals surface area contributed by atoms with E-state index < -0.39 is 24.4 Å². The third-order valence-electron chi connectivity index (χ3n) is 11.7. The first kappa shape index (κ1) is 58.3. The molecule has 4 amide bonds. The SMILES string of the molecule is CC1=CC(=O)N(c2cc(C(C)(C)C)n(C)n2)C1=O.CC1=CC(=O)N(c2cc(C(C)(C)C)n(C)n2)C1O.CC1=CC(=O)OC1=O.CC1=CC(O)N(c2cc(C(C)(C)C)n(C)n2)C1=O.Cn1nc(N)cc1C(C)(C)C. The number of carbonyl (C=O) groups excluding carboxylic acids is 6. The minimum Gasteiger partial charge on any atom is -0.386 e. The van der Waals surface area contributed by atoms with E-state index in [4.69, 9.17) is 5.73 Å². The Morgan fingerprint density at radius 3 is 1.19 bits per heavy atom. The minimum atomic E-state index is -0.916. The van der Waals surface area contributed by atoms with Crippen LogP contribution in [0.4, 0.5) is 23.3 Å². The third kappa shape index (κ3) is 13.6. The number of amides is 4. The second-order valence-corrected chi connectivity index (χ2v) is 22.4. The van der Waals surface area contributed by atoms with Gasteiger partial charge in [0.1, 0.15) is 5.82 Å². The standard InChI is InChI=1S/2C13H19N3O2.C13H17N3O2.C8H15N3.C5H4O3/c3*1-8-6-11(17)16(12(8)18)10-7-9(13(2,3)4)15(5)14-10;1-8(2,3)6-5-7(9)10-11(6)4;1-3-2-4(6)8-5(3)7/h6-7,12,18H,1-5H3;6-7,11,17H,1-5H3;6-7H,1-5H3;5H,1-4H3,(H2,9,10);2H,1H3. The first-order valence-corrected chi connectivity index (χ1v) is 23.6. The molecule has 73 heavy (non-hydrogen) atoms. The lowest BCUT2D eigenvalue weighted by molar-refractivity contribution is -0.150. The Balaban J connectivity index is 0.000000203. The van der Waals surface area contributed by atoms with Crippen LogP contribution >= 0.6 is 0 Å². The Kier molecular flexibility index (Phi) is 17.1. The van der Waals surface area contributed by atoms with Crippen LogP contribution in [-0.2, 0) is 83.4 Å². The monoisotopic (exact) mass is 1010 g/mol. The van der Waals surface area contributed by atoms with Gasteiger partial charge in [0.15, 0.2) is 29.9 Å². The van der Waals surface area contributed by atoms with Gasteiger partial charge in [-0.15, -0.1) is 0 Å². The fourth-order valence-electron chi connectivity index (χ4n) is 8.06. The molecule has 0 spiro atoms. The lowest BCUT2D eigenvalue weighted by atomic mass is 9.92. The minimum absolute atomic E-state index is 0.0593. The first-order valence-electron chi connectivity index (χ1n) is 23.6. The summed E-state index contributed by atoms with van der Waals surface area (Å²) in [7, 11) is 7.42. The van der Waals surface area contributed by atoms with Gasteiger partial charge in [0, 0.05) is 132 Å². The predicted octanol–water partition coefficient (Wildman–Crippen LogP) is 5.51. The van der Waals surface area contributed by atoms with Crippen molar-refractivity contribution in [3.8, 4) is 0 Å². The molecule has 396 valence electrons. The van der Waals surface area contributed by atoms with Gasteiger partial charge in [-0.25, -0.2) is 14.5 Å². The molecule has 4 aliphatic rings. The van der Waals surface area contributed by atoms with Gasteiger partial charge in [-0.3, -0.25) is 47.7 Å². The fourth-order valence-corrected chi connectivity index (χ4v) is 8.06. The smallest absolute Gasteiger partial charge is 0.341 e. The highest BCUT2D eigenvalue weighted by Crippen LogP contribution is 2.32. The summed E-state index contributed by atoms with van der Waals surface area (Å²) in [5.74, 6) is -0.152. The van der Waals surface area contributed by atoms with E-state index >= 15 is 0 Å². The number of carbonyl (C=O) groups is 6. The normalized spacial score (nSPS) is 18.0. The van der Waals surface area contributed by atoms with Crippen LogP contribution in [0.3, 0.4) is 0 Å². The summed E-state index contributed by atoms with van der Waals surface area (Å²) in [6, 6.07) is 7.42. The zero-order valence-corrected chi connectivity index (χ0v) is 46.0. The highest BCUT2D eigenvalue weighted by molar-refractivity contribution is 6.30. The van der Waals surface area contributed by atoms with Crippen molar-refractivity contribution in [2.24, 2.45) is 28.2 Å². The number of nitrogen functional groups attached to an aromatic ring is 1. The van der Waals surface area contributed by atoms with E-state index in [0.29, 0.717) is 45.6 Å². The van der Waals surface area contributed by atoms with Crippen molar-refractivity contribution in [2.75, 3.05) is 20.4 Å². The summed E-state index contributed by atoms with van der Waals surface area (Å²) in [5.41, 5.74) is 11.6. The lowest BCUT2D eigenvalue weighted by Crippen LogP contribution is -2.35. The van der Waals surface area contributed by atoms with E-state index in [1.165, 1.54) is 41.0 Å². The summed E-state index contributed by atoms with van der Waals surface area (Å²) >= 11 is 0. The Morgan fingerprint density at radius 1 is 0.507 bits per heavy atom. The van der Waals surface area contributed by atoms with Crippen LogP contribution in [0.25, 0.3) is 0 Å². The van der Waals surface area contributed by atoms with Gasteiger partial charge >= 0.3 is 11.9 Å². The van der Waals surface area contributed by atoms with Crippen LogP contribution in [0.1, 0.15) is 134 Å².